The van der Waals surface area contributed by atoms with Crippen LogP contribution in [0.1, 0.15) is 47.2 Å². The number of hydrogen-bond donors (Lipinski definition) is 1. The summed E-state index contributed by atoms with van der Waals surface area (Å²) in [6, 6.07) is 12.8. The number of ether oxygens (including phenoxy) is 2. The minimum Gasteiger partial charge on any atom is -0.512 e. The van der Waals surface area contributed by atoms with Gasteiger partial charge in [0.1, 0.15) is 23.9 Å². The van der Waals surface area contributed by atoms with Crippen LogP contribution in [0.25, 0.3) is 5.57 Å². The molecule has 1 N–H and O–H groups in total. The first kappa shape index (κ1) is 20.5. The normalized spacial score (nSPS) is 16.8. The largest absolute Gasteiger partial charge is 0.512 e. The maximum absolute atomic E-state index is 13.2. The van der Waals surface area contributed by atoms with E-state index in [2.05, 4.69) is 4.90 Å². The van der Waals surface area contributed by atoms with Gasteiger partial charge in [-0.3, -0.25) is 9.69 Å². The van der Waals surface area contributed by atoms with E-state index in [0.29, 0.717) is 30.6 Å². The van der Waals surface area contributed by atoms with Gasteiger partial charge in [0.15, 0.2) is 5.78 Å². The molecule has 4 rings (SSSR count). The molecule has 0 atom stereocenters. The number of rotatable bonds is 7. The Kier molecular flexibility index (Phi) is 6.38. The van der Waals surface area contributed by atoms with Gasteiger partial charge in [-0.15, -0.1) is 0 Å². The van der Waals surface area contributed by atoms with E-state index in [1.807, 2.05) is 30.3 Å². The van der Waals surface area contributed by atoms with Crippen LogP contribution in [0.3, 0.4) is 0 Å². The number of methoxy groups -OCH3 is 1. The maximum atomic E-state index is 13.2. The Morgan fingerprint density at radius 1 is 1.00 bits per heavy atom. The minimum atomic E-state index is -0.168. The Labute approximate surface area is 177 Å². The third-order valence-electron chi connectivity index (χ3n) is 5.97. The predicted molar refractivity (Wildman–Crippen MR) is 117 cm³/mol. The molecule has 158 valence electrons. The Hall–Kier alpha value is -2.79. The summed E-state index contributed by atoms with van der Waals surface area (Å²) in [6.45, 7) is 3.89. The lowest BCUT2D eigenvalue weighted by Crippen LogP contribution is -2.33. The number of carbonyl (C=O) groups is 1. The summed E-state index contributed by atoms with van der Waals surface area (Å²) in [5, 5.41) is 10.5. The summed E-state index contributed by atoms with van der Waals surface area (Å²) in [6.07, 6.45) is 5.03. The maximum Gasteiger partial charge on any atom is 0.197 e. The summed E-state index contributed by atoms with van der Waals surface area (Å²) < 4.78 is 11.2. The summed E-state index contributed by atoms with van der Waals surface area (Å²) in [5.74, 6) is 1.50. The number of aliphatic hydroxyl groups is 1. The summed E-state index contributed by atoms with van der Waals surface area (Å²) in [4.78, 5) is 15.6. The highest BCUT2D eigenvalue weighted by Crippen LogP contribution is 2.34. The quantitative estimate of drug-likeness (QED) is 0.677. The number of fused-ring (bicyclic) bond motifs is 1. The number of allylic oxidation sites excluding steroid dienone is 2. The summed E-state index contributed by atoms with van der Waals surface area (Å²) in [5.41, 5.74) is 2.74. The molecule has 0 amide bonds. The Bertz CT molecular complexity index is 927. The zero-order valence-electron chi connectivity index (χ0n) is 17.5. The van der Waals surface area contributed by atoms with Gasteiger partial charge in [-0.05, 0) is 79.9 Å². The number of benzene rings is 2. The molecule has 2 aromatic rings. The molecule has 0 saturated carbocycles. The number of aryl methyl sites for hydroxylation is 1. The topological polar surface area (TPSA) is 59.0 Å². The summed E-state index contributed by atoms with van der Waals surface area (Å²) in [7, 11) is 1.63. The van der Waals surface area contributed by atoms with Gasteiger partial charge in [0, 0.05) is 18.5 Å². The molecule has 5 nitrogen and oxygen atoms in total. The predicted octanol–water partition coefficient (Wildman–Crippen LogP) is 4.66. The number of ketones is 1. The van der Waals surface area contributed by atoms with Crippen molar-refractivity contribution in [1.82, 2.24) is 4.90 Å². The molecule has 0 radical (unpaired) electrons. The van der Waals surface area contributed by atoms with E-state index in [9.17, 15) is 9.90 Å². The number of likely N-dealkylation sites (tertiary alicyclic amines) is 1. The van der Waals surface area contributed by atoms with Gasteiger partial charge in [0.2, 0.25) is 0 Å². The Morgan fingerprint density at radius 2 is 1.73 bits per heavy atom. The first-order valence-corrected chi connectivity index (χ1v) is 10.7. The average molecular weight is 408 g/mol. The van der Waals surface area contributed by atoms with Gasteiger partial charge in [0.25, 0.3) is 0 Å². The molecule has 1 aliphatic carbocycles. The van der Waals surface area contributed by atoms with Gasteiger partial charge < -0.3 is 14.6 Å². The average Bonchev–Trinajstić information content (AvgIpc) is 2.79. The van der Waals surface area contributed by atoms with Crippen LogP contribution in [-0.4, -0.2) is 49.1 Å². The van der Waals surface area contributed by atoms with Crippen LogP contribution in [0.15, 0.2) is 48.2 Å². The van der Waals surface area contributed by atoms with Crippen molar-refractivity contribution in [1.29, 1.82) is 0 Å². The fourth-order valence-corrected chi connectivity index (χ4v) is 4.26. The number of aliphatic hydroxyl groups excluding tert-OH is 1. The number of piperidine rings is 1. The van der Waals surface area contributed by atoms with Crippen LogP contribution in [0.5, 0.6) is 11.5 Å². The van der Waals surface area contributed by atoms with Crippen LogP contribution in [0.4, 0.5) is 0 Å². The first-order valence-electron chi connectivity index (χ1n) is 10.7. The number of hydrogen-bond acceptors (Lipinski definition) is 5. The van der Waals surface area contributed by atoms with Crippen molar-refractivity contribution in [2.45, 2.75) is 32.1 Å². The molecule has 5 heteroatoms. The number of Topliss-reactive ketones (excluding diaryl/α,β-unsaturated/α-hetero) is 1. The second-order valence-corrected chi connectivity index (χ2v) is 7.95. The highest BCUT2D eigenvalue weighted by Gasteiger charge is 2.25. The standard InChI is InChI=1S/C25H29NO4/c1-29-21-10-11-22-19(17-21)7-12-23(27)24(22)25(28)18-5-8-20(9-6-18)30-16-15-26-13-3-2-4-14-26/h5-6,8-11,17,27H,2-4,7,12-16H2,1H3. The molecule has 1 saturated heterocycles. The third kappa shape index (κ3) is 4.51. The van der Waals surface area contributed by atoms with Gasteiger partial charge >= 0.3 is 0 Å². The van der Waals surface area contributed by atoms with E-state index in [1.165, 1.54) is 19.3 Å². The molecule has 1 aliphatic heterocycles. The third-order valence-corrected chi connectivity index (χ3v) is 5.97. The molecule has 1 heterocycles. The molecular formula is C25H29NO4. The first-order chi connectivity index (χ1) is 14.7. The van der Waals surface area contributed by atoms with Gasteiger partial charge in [0.05, 0.1) is 12.7 Å². The second-order valence-electron chi connectivity index (χ2n) is 7.95. The molecule has 2 aromatic carbocycles. The monoisotopic (exact) mass is 407 g/mol. The van der Waals surface area contributed by atoms with E-state index < -0.39 is 0 Å². The van der Waals surface area contributed by atoms with Crippen LogP contribution >= 0.6 is 0 Å². The van der Waals surface area contributed by atoms with Crippen molar-refractivity contribution in [2.75, 3.05) is 33.4 Å². The molecule has 0 unspecified atom stereocenters. The van der Waals surface area contributed by atoms with E-state index >= 15 is 0 Å². The molecule has 0 bridgehead atoms. The van der Waals surface area contributed by atoms with Crippen molar-refractivity contribution in [2.24, 2.45) is 0 Å². The van der Waals surface area contributed by atoms with Crippen LogP contribution in [0.2, 0.25) is 0 Å². The van der Waals surface area contributed by atoms with Crippen molar-refractivity contribution >= 4 is 11.4 Å². The van der Waals surface area contributed by atoms with Crippen LogP contribution in [-0.2, 0) is 6.42 Å². The highest BCUT2D eigenvalue weighted by atomic mass is 16.5. The SMILES string of the molecule is COc1ccc2c(c1)CCC(O)=C2C(=O)c1ccc(OCCN2CCCCC2)cc1. The van der Waals surface area contributed by atoms with Crippen molar-refractivity contribution < 1.29 is 19.4 Å². The smallest absolute Gasteiger partial charge is 0.197 e. The lowest BCUT2D eigenvalue weighted by molar-refractivity contribution is 0.105. The summed E-state index contributed by atoms with van der Waals surface area (Å²) >= 11 is 0. The van der Waals surface area contributed by atoms with Crippen molar-refractivity contribution in [3.8, 4) is 11.5 Å². The van der Waals surface area contributed by atoms with E-state index in [1.54, 1.807) is 19.2 Å². The lowest BCUT2D eigenvalue weighted by atomic mass is 9.85. The fraction of sp³-hybridized carbons (Fsp3) is 0.400. The van der Waals surface area contributed by atoms with Crippen LogP contribution in [0, 0.1) is 0 Å². The van der Waals surface area contributed by atoms with Crippen molar-refractivity contribution in [3.63, 3.8) is 0 Å². The fourth-order valence-electron chi connectivity index (χ4n) is 4.26. The molecule has 0 spiro atoms. The number of nitrogens with zero attached hydrogens (tertiary/aromatic N) is 1. The Morgan fingerprint density at radius 3 is 2.47 bits per heavy atom. The minimum absolute atomic E-state index is 0.152. The van der Waals surface area contributed by atoms with E-state index in [-0.39, 0.29) is 11.5 Å². The van der Waals surface area contributed by atoms with Crippen molar-refractivity contribution in [3.05, 3.63) is 64.9 Å². The zero-order chi connectivity index (χ0) is 20.9. The Balaban J connectivity index is 1.43. The van der Waals surface area contributed by atoms with Crippen LogP contribution < -0.4 is 9.47 Å². The molecule has 0 aromatic heterocycles. The molecule has 30 heavy (non-hydrogen) atoms. The molecule has 1 fully saturated rings. The van der Waals surface area contributed by atoms with Gasteiger partial charge in [-0.2, -0.15) is 0 Å². The van der Waals surface area contributed by atoms with Gasteiger partial charge in [-0.1, -0.05) is 12.5 Å². The zero-order valence-corrected chi connectivity index (χ0v) is 17.5. The highest BCUT2D eigenvalue weighted by molar-refractivity contribution is 6.29. The molecule has 2 aliphatic rings. The number of carbonyl (C=O) groups excluding carboxylic acids is 1. The van der Waals surface area contributed by atoms with E-state index in [4.69, 9.17) is 9.47 Å². The lowest BCUT2D eigenvalue weighted by Gasteiger charge is -2.26. The second kappa shape index (κ2) is 9.35. The van der Waals surface area contributed by atoms with Gasteiger partial charge in [-0.25, -0.2) is 0 Å². The molecular weight excluding hydrogens is 378 g/mol. The van der Waals surface area contributed by atoms with E-state index in [0.717, 1.165) is 42.3 Å².